The summed E-state index contributed by atoms with van der Waals surface area (Å²) in [7, 11) is 1.50. The highest BCUT2D eigenvalue weighted by Crippen LogP contribution is 2.48. The number of hydrogen-bond acceptors (Lipinski definition) is 7. The summed E-state index contributed by atoms with van der Waals surface area (Å²) < 4.78 is 23.6. The van der Waals surface area contributed by atoms with Gasteiger partial charge in [0.15, 0.2) is 0 Å². The molecule has 7 nitrogen and oxygen atoms in total. The van der Waals surface area contributed by atoms with Crippen LogP contribution in [0.25, 0.3) is 17.4 Å². The number of carbonyl (C=O) groups is 3. The maximum Gasteiger partial charge on any atom is 0.342 e. The fraction of sp³-hybridized carbons (Fsp3) is 0.344. The van der Waals surface area contributed by atoms with Crippen molar-refractivity contribution in [3.63, 3.8) is 0 Å². The van der Waals surface area contributed by atoms with Crippen molar-refractivity contribution in [3.05, 3.63) is 77.1 Å². The van der Waals surface area contributed by atoms with E-state index >= 15 is 0 Å². The van der Waals surface area contributed by atoms with Crippen LogP contribution in [0, 0.1) is 0 Å². The van der Waals surface area contributed by atoms with Crippen LogP contribution in [-0.2, 0) is 14.3 Å². The van der Waals surface area contributed by atoms with Gasteiger partial charge in [-0.05, 0) is 56.4 Å². The number of hydrogen-bond donors (Lipinski definition) is 0. The van der Waals surface area contributed by atoms with E-state index in [9.17, 15) is 14.4 Å². The SMILES string of the molecule is COc1c2c(cc3c1[C@H](c1ccc(-c4ccccc4)o1)CC(=O)O3)C=CCCCC(=O)CCC[C@@H](C)OC2=O. The van der Waals surface area contributed by atoms with Crippen LogP contribution in [0.1, 0.15) is 85.0 Å². The standard InChI is InChI=1S/C32H32O7/c1-20-10-9-15-23(33)14-8-4-7-13-22-18-27-30(31(36-2)29(22)32(35)37-20)24(19-28(34)39-27)26-17-16-25(38-26)21-11-5-3-6-12-21/h3,5-7,11-13,16-18,20,24H,4,8-10,14-15,19H2,1-2H3/t20-,24+/m1/s1. The molecule has 2 aromatic carbocycles. The number of furan rings is 1. The first kappa shape index (κ1) is 26.5. The summed E-state index contributed by atoms with van der Waals surface area (Å²) in [4.78, 5) is 38.4. The predicted molar refractivity (Wildman–Crippen MR) is 146 cm³/mol. The Labute approximate surface area is 227 Å². The number of methoxy groups -OCH3 is 1. The van der Waals surface area contributed by atoms with E-state index in [-0.39, 0.29) is 23.9 Å². The number of cyclic esters (lactones) is 1. The Morgan fingerprint density at radius 1 is 0.974 bits per heavy atom. The van der Waals surface area contributed by atoms with Gasteiger partial charge in [0.25, 0.3) is 0 Å². The number of Topliss-reactive ketones (excluding diaryl/α,β-unsaturated/α-hetero) is 1. The first-order chi connectivity index (χ1) is 18.9. The van der Waals surface area contributed by atoms with E-state index in [1.54, 1.807) is 12.1 Å². The van der Waals surface area contributed by atoms with Crippen molar-refractivity contribution in [1.82, 2.24) is 0 Å². The van der Waals surface area contributed by atoms with Gasteiger partial charge in [0, 0.05) is 24.0 Å². The first-order valence-electron chi connectivity index (χ1n) is 13.4. The second kappa shape index (κ2) is 11.7. The molecule has 0 N–H and O–H groups in total. The molecule has 2 aliphatic heterocycles. The fourth-order valence-electron chi connectivity index (χ4n) is 5.25. The lowest BCUT2D eigenvalue weighted by atomic mass is 9.86. The molecule has 39 heavy (non-hydrogen) atoms. The van der Waals surface area contributed by atoms with Crippen LogP contribution < -0.4 is 9.47 Å². The second-order valence-corrected chi connectivity index (χ2v) is 10.0. The molecule has 0 fully saturated rings. The summed E-state index contributed by atoms with van der Waals surface area (Å²) in [5.41, 5.74) is 2.31. The molecule has 2 aliphatic rings. The summed E-state index contributed by atoms with van der Waals surface area (Å²) in [6.45, 7) is 1.83. The Morgan fingerprint density at radius 2 is 1.77 bits per heavy atom. The molecule has 3 aromatic rings. The number of allylic oxidation sites excluding steroid dienone is 1. The van der Waals surface area contributed by atoms with E-state index < -0.39 is 17.9 Å². The number of carbonyl (C=O) groups excluding carboxylic acids is 3. The number of rotatable bonds is 3. The smallest absolute Gasteiger partial charge is 0.342 e. The predicted octanol–water partition coefficient (Wildman–Crippen LogP) is 6.88. The normalized spacial score (nSPS) is 20.3. The van der Waals surface area contributed by atoms with E-state index in [2.05, 4.69) is 0 Å². The van der Waals surface area contributed by atoms with Crippen molar-refractivity contribution < 1.29 is 33.0 Å². The van der Waals surface area contributed by atoms with E-state index in [0.717, 1.165) is 12.0 Å². The van der Waals surface area contributed by atoms with Gasteiger partial charge in [-0.25, -0.2) is 4.79 Å². The van der Waals surface area contributed by atoms with Crippen LogP contribution in [0.2, 0.25) is 0 Å². The van der Waals surface area contributed by atoms with E-state index in [4.69, 9.17) is 18.6 Å². The summed E-state index contributed by atoms with van der Waals surface area (Å²) >= 11 is 0. The number of fused-ring (bicyclic) bond motifs is 2. The quantitative estimate of drug-likeness (QED) is 0.270. The van der Waals surface area contributed by atoms with E-state index in [1.165, 1.54) is 7.11 Å². The Kier molecular flexibility index (Phi) is 7.96. The minimum absolute atomic E-state index is 0.0409. The Bertz CT molecular complexity index is 1400. The molecule has 5 rings (SSSR count). The monoisotopic (exact) mass is 528 g/mol. The van der Waals surface area contributed by atoms with Crippen LogP contribution >= 0.6 is 0 Å². The highest BCUT2D eigenvalue weighted by atomic mass is 16.5. The van der Waals surface area contributed by atoms with Crippen molar-refractivity contribution >= 4 is 23.8 Å². The second-order valence-electron chi connectivity index (χ2n) is 10.0. The van der Waals surface area contributed by atoms with Crippen LogP contribution in [0.5, 0.6) is 11.5 Å². The van der Waals surface area contributed by atoms with Crippen molar-refractivity contribution in [2.24, 2.45) is 0 Å². The largest absolute Gasteiger partial charge is 0.495 e. The number of benzene rings is 2. The molecule has 3 heterocycles. The van der Waals surface area contributed by atoms with Crippen molar-refractivity contribution in [1.29, 1.82) is 0 Å². The minimum Gasteiger partial charge on any atom is -0.495 e. The average Bonchev–Trinajstić information content (AvgIpc) is 3.42. The molecular formula is C32H32O7. The number of ether oxygens (including phenoxy) is 3. The van der Waals surface area contributed by atoms with E-state index in [1.807, 2.05) is 55.5 Å². The molecule has 202 valence electrons. The fourth-order valence-corrected chi connectivity index (χ4v) is 5.25. The lowest BCUT2D eigenvalue weighted by Crippen LogP contribution is -2.24. The van der Waals surface area contributed by atoms with Gasteiger partial charge in [-0.1, -0.05) is 42.5 Å². The van der Waals surface area contributed by atoms with Gasteiger partial charge in [0.05, 0.1) is 25.6 Å². The lowest BCUT2D eigenvalue weighted by molar-refractivity contribution is -0.135. The summed E-state index contributed by atoms with van der Waals surface area (Å²) in [6, 6.07) is 15.1. The van der Waals surface area contributed by atoms with Gasteiger partial charge in [-0.3, -0.25) is 9.59 Å². The molecule has 7 heteroatoms. The van der Waals surface area contributed by atoms with Gasteiger partial charge in [-0.15, -0.1) is 0 Å². The summed E-state index contributed by atoms with van der Waals surface area (Å²) in [5.74, 6) is 0.685. The van der Waals surface area contributed by atoms with Gasteiger partial charge < -0.3 is 18.6 Å². The van der Waals surface area contributed by atoms with E-state index in [0.29, 0.717) is 66.3 Å². The molecule has 0 aliphatic carbocycles. The van der Waals surface area contributed by atoms with Crippen LogP contribution in [0.4, 0.5) is 0 Å². The molecule has 1 aromatic heterocycles. The van der Waals surface area contributed by atoms with Crippen LogP contribution in [0.15, 0.2) is 59.0 Å². The Balaban J connectivity index is 1.60. The molecule has 0 unspecified atom stereocenters. The average molecular weight is 529 g/mol. The Hall–Kier alpha value is -4.13. The van der Waals surface area contributed by atoms with Gasteiger partial charge in [-0.2, -0.15) is 0 Å². The zero-order valence-electron chi connectivity index (χ0n) is 22.2. The van der Waals surface area contributed by atoms with Crippen LogP contribution in [0.3, 0.4) is 0 Å². The van der Waals surface area contributed by atoms with Crippen molar-refractivity contribution in [3.8, 4) is 22.8 Å². The maximum absolute atomic E-state index is 13.6. The molecule has 0 amide bonds. The maximum atomic E-state index is 13.6. The topological polar surface area (TPSA) is 92.0 Å². The number of esters is 2. The first-order valence-corrected chi connectivity index (χ1v) is 13.4. The summed E-state index contributed by atoms with van der Waals surface area (Å²) in [5, 5.41) is 0. The van der Waals surface area contributed by atoms with Crippen molar-refractivity contribution in [2.75, 3.05) is 7.11 Å². The molecule has 0 saturated carbocycles. The number of ketones is 1. The zero-order valence-corrected chi connectivity index (χ0v) is 22.2. The molecular weight excluding hydrogens is 496 g/mol. The molecule has 0 radical (unpaired) electrons. The highest BCUT2D eigenvalue weighted by molar-refractivity contribution is 5.99. The van der Waals surface area contributed by atoms with Crippen LogP contribution in [-0.4, -0.2) is 30.9 Å². The molecule has 0 spiro atoms. The summed E-state index contributed by atoms with van der Waals surface area (Å²) in [6.07, 6.45) is 7.05. The minimum atomic E-state index is -0.523. The third kappa shape index (κ3) is 5.82. The van der Waals surface area contributed by atoms with Gasteiger partial charge in [0.2, 0.25) is 0 Å². The molecule has 0 bridgehead atoms. The highest BCUT2D eigenvalue weighted by Gasteiger charge is 2.37. The third-order valence-corrected chi connectivity index (χ3v) is 7.19. The van der Waals surface area contributed by atoms with Gasteiger partial charge >= 0.3 is 11.9 Å². The third-order valence-electron chi connectivity index (χ3n) is 7.19. The zero-order chi connectivity index (χ0) is 27.4. The Morgan fingerprint density at radius 3 is 2.56 bits per heavy atom. The molecule has 2 atom stereocenters. The molecule has 0 saturated heterocycles. The van der Waals surface area contributed by atoms with Gasteiger partial charge in [0.1, 0.15) is 34.4 Å². The van der Waals surface area contributed by atoms with Crippen molar-refractivity contribution in [2.45, 2.75) is 63.9 Å². The lowest BCUT2D eigenvalue weighted by Gasteiger charge is -2.27.